The van der Waals surface area contributed by atoms with Crippen molar-refractivity contribution in [3.05, 3.63) is 107 Å². The summed E-state index contributed by atoms with van der Waals surface area (Å²) in [6.07, 6.45) is 0. The molecule has 3 aromatic rings. The zero-order valence-corrected chi connectivity index (χ0v) is 15.1. The zero-order valence-electron chi connectivity index (χ0n) is 15.1. The van der Waals surface area contributed by atoms with E-state index in [0.717, 1.165) is 11.1 Å². The van der Waals surface area contributed by atoms with Gasteiger partial charge in [-0.25, -0.2) is 0 Å². The van der Waals surface area contributed by atoms with Crippen molar-refractivity contribution >= 4 is 11.8 Å². The number of amides is 2. The van der Waals surface area contributed by atoms with Crippen LogP contribution in [0.5, 0.6) is 0 Å². The summed E-state index contributed by atoms with van der Waals surface area (Å²) in [6, 6.07) is 26.5. The average Bonchev–Trinajstić information content (AvgIpc) is 2.70. The lowest BCUT2D eigenvalue weighted by Crippen LogP contribution is -2.37. The van der Waals surface area contributed by atoms with Crippen molar-refractivity contribution < 1.29 is 9.59 Å². The molecule has 0 unspecified atom stereocenters. The number of hydrogen-bond donors (Lipinski definition) is 2. The standard InChI is InChI=1S/C23H22N2O2/c1-16(25-23(27)20-14-8-13-19(15-20)22(24)26)21(17-9-4-2-5-10-17)18-11-6-3-7-12-18/h2-16,21H,1H3,(H2,24,26)(H,25,27)/t16-/m1/s1. The Bertz CT molecular complexity index is 884. The van der Waals surface area contributed by atoms with Crippen LogP contribution in [0.4, 0.5) is 0 Å². The first-order chi connectivity index (χ1) is 13.1. The van der Waals surface area contributed by atoms with Crippen LogP contribution in [0.3, 0.4) is 0 Å². The van der Waals surface area contributed by atoms with Gasteiger partial charge < -0.3 is 11.1 Å². The molecule has 0 aliphatic rings. The summed E-state index contributed by atoms with van der Waals surface area (Å²) in [4.78, 5) is 24.1. The van der Waals surface area contributed by atoms with E-state index in [1.807, 2.05) is 43.3 Å². The van der Waals surface area contributed by atoms with Crippen LogP contribution in [0.1, 0.15) is 44.7 Å². The number of carbonyl (C=O) groups excluding carboxylic acids is 2. The topological polar surface area (TPSA) is 72.2 Å². The van der Waals surface area contributed by atoms with E-state index in [1.165, 1.54) is 6.07 Å². The van der Waals surface area contributed by atoms with Gasteiger partial charge in [0.25, 0.3) is 5.91 Å². The maximum absolute atomic E-state index is 12.7. The number of nitrogens with two attached hydrogens (primary N) is 1. The molecule has 136 valence electrons. The third-order valence-corrected chi connectivity index (χ3v) is 4.59. The van der Waals surface area contributed by atoms with Crippen LogP contribution in [0.2, 0.25) is 0 Å². The Hall–Kier alpha value is -3.40. The monoisotopic (exact) mass is 358 g/mol. The van der Waals surface area contributed by atoms with Crippen LogP contribution in [0, 0.1) is 0 Å². The van der Waals surface area contributed by atoms with Crippen molar-refractivity contribution in [2.75, 3.05) is 0 Å². The van der Waals surface area contributed by atoms with E-state index in [9.17, 15) is 9.59 Å². The molecule has 1 atom stereocenters. The largest absolute Gasteiger partial charge is 0.366 e. The molecule has 3 rings (SSSR count). The summed E-state index contributed by atoms with van der Waals surface area (Å²) in [7, 11) is 0. The van der Waals surface area contributed by atoms with Gasteiger partial charge in [-0.15, -0.1) is 0 Å². The molecule has 4 heteroatoms. The number of carbonyl (C=O) groups is 2. The molecule has 27 heavy (non-hydrogen) atoms. The van der Waals surface area contributed by atoms with Crippen molar-refractivity contribution in [2.45, 2.75) is 18.9 Å². The van der Waals surface area contributed by atoms with Crippen LogP contribution in [-0.2, 0) is 0 Å². The lowest BCUT2D eigenvalue weighted by atomic mass is 9.85. The highest BCUT2D eigenvalue weighted by atomic mass is 16.2. The van der Waals surface area contributed by atoms with Crippen LogP contribution in [-0.4, -0.2) is 17.9 Å². The minimum absolute atomic E-state index is 0.00988. The summed E-state index contributed by atoms with van der Waals surface area (Å²) in [5.41, 5.74) is 8.30. The highest BCUT2D eigenvalue weighted by Crippen LogP contribution is 2.28. The van der Waals surface area contributed by atoms with E-state index in [2.05, 4.69) is 29.6 Å². The average molecular weight is 358 g/mol. The van der Waals surface area contributed by atoms with Crippen molar-refractivity contribution in [1.29, 1.82) is 0 Å². The molecule has 0 aromatic heterocycles. The van der Waals surface area contributed by atoms with E-state index in [4.69, 9.17) is 5.73 Å². The number of nitrogens with one attached hydrogen (secondary N) is 1. The first-order valence-electron chi connectivity index (χ1n) is 8.87. The molecule has 0 saturated carbocycles. The third-order valence-electron chi connectivity index (χ3n) is 4.59. The zero-order chi connectivity index (χ0) is 19.2. The van der Waals surface area contributed by atoms with Crippen LogP contribution in [0.25, 0.3) is 0 Å². The van der Waals surface area contributed by atoms with Gasteiger partial charge in [0.05, 0.1) is 0 Å². The van der Waals surface area contributed by atoms with Crippen molar-refractivity contribution in [3.8, 4) is 0 Å². The summed E-state index contributed by atoms with van der Waals surface area (Å²) >= 11 is 0. The summed E-state index contributed by atoms with van der Waals surface area (Å²) in [5, 5.41) is 3.07. The van der Waals surface area contributed by atoms with Crippen molar-refractivity contribution in [1.82, 2.24) is 5.32 Å². The highest BCUT2D eigenvalue weighted by molar-refractivity contribution is 5.99. The van der Waals surface area contributed by atoms with E-state index in [-0.39, 0.29) is 17.9 Å². The summed E-state index contributed by atoms with van der Waals surface area (Å²) in [6.45, 7) is 1.99. The van der Waals surface area contributed by atoms with Crippen molar-refractivity contribution in [2.24, 2.45) is 5.73 Å². The van der Waals surface area contributed by atoms with Gasteiger partial charge in [-0.1, -0.05) is 66.7 Å². The lowest BCUT2D eigenvalue weighted by Gasteiger charge is -2.26. The second-order valence-corrected chi connectivity index (χ2v) is 6.51. The molecule has 0 aliphatic heterocycles. The maximum Gasteiger partial charge on any atom is 0.251 e. The molecule has 0 aliphatic carbocycles. The van der Waals surface area contributed by atoms with Gasteiger partial charge >= 0.3 is 0 Å². The van der Waals surface area contributed by atoms with Crippen molar-refractivity contribution in [3.63, 3.8) is 0 Å². The fourth-order valence-corrected chi connectivity index (χ4v) is 3.28. The number of benzene rings is 3. The van der Waals surface area contributed by atoms with E-state index >= 15 is 0 Å². The Labute approximate surface area is 159 Å². The normalized spacial score (nSPS) is 11.8. The van der Waals surface area contributed by atoms with Gasteiger partial charge in [-0.05, 0) is 36.2 Å². The summed E-state index contributed by atoms with van der Waals surface area (Å²) in [5.74, 6) is -0.776. The van der Waals surface area contributed by atoms with Gasteiger partial charge in [0.2, 0.25) is 5.91 Å². The molecule has 0 radical (unpaired) electrons. The molecule has 4 nitrogen and oxygen atoms in total. The smallest absolute Gasteiger partial charge is 0.251 e. The molecular formula is C23H22N2O2. The summed E-state index contributed by atoms with van der Waals surface area (Å²) < 4.78 is 0. The third kappa shape index (κ3) is 4.42. The molecule has 0 bridgehead atoms. The van der Waals surface area contributed by atoms with Gasteiger partial charge in [-0.2, -0.15) is 0 Å². The second-order valence-electron chi connectivity index (χ2n) is 6.51. The number of rotatable bonds is 6. The van der Waals surface area contributed by atoms with Gasteiger partial charge in [0.1, 0.15) is 0 Å². The predicted octanol–water partition coefficient (Wildman–Crippen LogP) is 3.74. The van der Waals surface area contributed by atoms with Gasteiger partial charge in [0, 0.05) is 23.1 Å². The van der Waals surface area contributed by atoms with Crippen LogP contribution in [0.15, 0.2) is 84.9 Å². The quantitative estimate of drug-likeness (QED) is 0.705. The molecule has 0 saturated heterocycles. The second kappa shape index (κ2) is 8.32. The highest BCUT2D eigenvalue weighted by Gasteiger charge is 2.23. The molecule has 0 spiro atoms. The lowest BCUT2D eigenvalue weighted by molar-refractivity contribution is 0.0937. The number of primary amides is 1. The number of hydrogen-bond acceptors (Lipinski definition) is 2. The Morgan fingerprint density at radius 3 is 1.81 bits per heavy atom. The van der Waals surface area contributed by atoms with Crippen LogP contribution >= 0.6 is 0 Å². The minimum atomic E-state index is -0.552. The Morgan fingerprint density at radius 2 is 1.30 bits per heavy atom. The molecule has 2 amide bonds. The first-order valence-corrected chi connectivity index (χ1v) is 8.87. The van der Waals surface area contributed by atoms with Gasteiger partial charge in [-0.3, -0.25) is 9.59 Å². The predicted molar refractivity (Wildman–Crippen MR) is 107 cm³/mol. The fourth-order valence-electron chi connectivity index (χ4n) is 3.28. The van der Waals surface area contributed by atoms with Crippen LogP contribution < -0.4 is 11.1 Å². The molecule has 0 heterocycles. The minimum Gasteiger partial charge on any atom is -0.366 e. The molecular weight excluding hydrogens is 336 g/mol. The first kappa shape index (κ1) is 18.4. The van der Waals surface area contributed by atoms with Gasteiger partial charge in [0.15, 0.2) is 0 Å². The Kier molecular flexibility index (Phi) is 5.67. The molecule has 0 fully saturated rings. The maximum atomic E-state index is 12.7. The van der Waals surface area contributed by atoms with E-state index in [0.29, 0.717) is 11.1 Å². The fraction of sp³-hybridized carbons (Fsp3) is 0.130. The molecule has 3 aromatic carbocycles. The molecule has 3 N–H and O–H groups in total. The Morgan fingerprint density at radius 1 is 0.778 bits per heavy atom. The Balaban J connectivity index is 1.87. The van der Waals surface area contributed by atoms with E-state index < -0.39 is 5.91 Å². The SMILES string of the molecule is C[C@@H](NC(=O)c1cccc(C(N)=O)c1)C(c1ccccc1)c1ccccc1. The van der Waals surface area contributed by atoms with E-state index in [1.54, 1.807) is 18.2 Å².